The Kier molecular flexibility index (Phi) is 7.08. The second kappa shape index (κ2) is 8.56. The molecule has 0 aliphatic rings. The number of nitrogens with one attached hydrogen (secondary N) is 2. The number of carbonyl (C=O) groups excluding carboxylic acids is 2. The van der Waals surface area contributed by atoms with Crippen LogP contribution in [0, 0.1) is 0 Å². The maximum atomic E-state index is 12.1. The van der Waals surface area contributed by atoms with Gasteiger partial charge in [0.1, 0.15) is 11.8 Å². The van der Waals surface area contributed by atoms with Gasteiger partial charge in [0.05, 0.1) is 6.10 Å². The number of carbonyl (C=O) groups is 2. The van der Waals surface area contributed by atoms with Gasteiger partial charge >= 0.3 is 0 Å². The topological polar surface area (TPSA) is 67.4 Å². The maximum absolute atomic E-state index is 12.1. The Balaban J connectivity index is 2.71. The summed E-state index contributed by atoms with van der Waals surface area (Å²) in [7, 11) is 0. The van der Waals surface area contributed by atoms with Gasteiger partial charge in [-0.1, -0.05) is 13.0 Å². The van der Waals surface area contributed by atoms with Crippen LogP contribution >= 0.6 is 12.6 Å². The molecule has 2 atom stereocenters. The van der Waals surface area contributed by atoms with Crippen LogP contribution in [0.25, 0.3) is 0 Å². The van der Waals surface area contributed by atoms with Gasteiger partial charge in [-0.25, -0.2) is 0 Å². The van der Waals surface area contributed by atoms with Crippen molar-refractivity contribution in [3.8, 4) is 5.75 Å². The van der Waals surface area contributed by atoms with Gasteiger partial charge in [0.15, 0.2) is 0 Å². The van der Waals surface area contributed by atoms with Crippen molar-refractivity contribution in [3.05, 3.63) is 24.3 Å². The lowest BCUT2D eigenvalue weighted by Gasteiger charge is -2.16. The maximum Gasteiger partial charge on any atom is 0.247 e. The molecule has 21 heavy (non-hydrogen) atoms. The van der Waals surface area contributed by atoms with Crippen LogP contribution < -0.4 is 15.4 Å². The zero-order chi connectivity index (χ0) is 15.8. The van der Waals surface area contributed by atoms with Crippen LogP contribution in [0.15, 0.2) is 24.3 Å². The highest BCUT2D eigenvalue weighted by Gasteiger charge is 2.17. The third kappa shape index (κ3) is 6.08. The average Bonchev–Trinajstić information content (AvgIpc) is 2.44. The van der Waals surface area contributed by atoms with Gasteiger partial charge in [0, 0.05) is 24.4 Å². The molecule has 0 bridgehead atoms. The van der Waals surface area contributed by atoms with Crippen molar-refractivity contribution in [1.29, 1.82) is 0 Å². The van der Waals surface area contributed by atoms with Crippen LogP contribution in [0.4, 0.5) is 5.69 Å². The molecule has 6 heteroatoms. The Labute approximate surface area is 130 Å². The first-order chi connectivity index (χ1) is 9.96. The van der Waals surface area contributed by atoms with Gasteiger partial charge in [-0.15, -0.1) is 0 Å². The Bertz CT molecular complexity index is 494. The summed E-state index contributed by atoms with van der Waals surface area (Å²) in [6.07, 6.45) is 1.02. The number of amides is 2. The Morgan fingerprint density at radius 2 is 2.10 bits per heavy atom. The van der Waals surface area contributed by atoms with Crippen molar-refractivity contribution in [2.45, 2.75) is 39.3 Å². The number of thiol groups is 1. The van der Waals surface area contributed by atoms with E-state index in [4.69, 9.17) is 4.74 Å². The van der Waals surface area contributed by atoms with E-state index < -0.39 is 6.04 Å². The number of ether oxygens (including phenoxy) is 1. The zero-order valence-electron chi connectivity index (χ0n) is 12.6. The summed E-state index contributed by atoms with van der Waals surface area (Å²) in [5.74, 6) is 0.358. The van der Waals surface area contributed by atoms with Gasteiger partial charge in [0.25, 0.3) is 0 Å². The third-order valence-corrected chi connectivity index (χ3v) is 3.26. The summed E-state index contributed by atoms with van der Waals surface area (Å²) >= 11 is 4.07. The fourth-order valence-electron chi connectivity index (χ4n) is 1.63. The summed E-state index contributed by atoms with van der Waals surface area (Å²) in [5, 5.41) is 5.29. The minimum Gasteiger partial charge on any atom is -0.491 e. The second-order valence-electron chi connectivity index (χ2n) is 4.79. The molecule has 2 amide bonds. The first kappa shape index (κ1) is 17.4. The largest absolute Gasteiger partial charge is 0.491 e. The molecule has 0 heterocycles. The van der Waals surface area contributed by atoms with E-state index >= 15 is 0 Å². The molecular weight excluding hydrogens is 288 g/mol. The first-order valence-corrected chi connectivity index (χ1v) is 7.55. The third-order valence-electron chi connectivity index (χ3n) is 2.89. The fourth-order valence-corrected chi connectivity index (χ4v) is 1.89. The Morgan fingerprint density at radius 1 is 1.38 bits per heavy atom. The summed E-state index contributed by atoms with van der Waals surface area (Å²) < 4.78 is 5.70. The highest BCUT2D eigenvalue weighted by Crippen LogP contribution is 2.19. The van der Waals surface area contributed by atoms with E-state index in [1.54, 1.807) is 18.2 Å². The number of hydrogen-bond acceptors (Lipinski definition) is 4. The van der Waals surface area contributed by atoms with Crippen LogP contribution in [-0.2, 0) is 9.59 Å². The minimum atomic E-state index is -0.662. The molecule has 0 aromatic heterocycles. The summed E-state index contributed by atoms with van der Waals surface area (Å²) in [6.45, 7) is 5.39. The number of rotatable bonds is 7. The highest BCUT2D eigenvalue weighted by atomic mass is 32.1. The van der Waals surface area contributed by atoms with E-state index in [0.29, 0.717) is 11.4 Å². The number of hydrogen-bond donors (Lipinski definition) is 3. The van der Waals surface area contributed by atoms with E-state index in [1.807, 2.05) is 19.9 Å². The molecule has 0 spiro atoms. The molecule has 2 unspecified atom stereocenters. The zero-order valence-corrected chi connectivity index (χ0v) is 13.4. The minimum absolute atomic E-state index is 0.112. The fraction of sp³-hybridized carbons (Fsp3) is 0.467. The van der Waals surface area contributed by atoms with Gasteiger partial charge in [0.2, 0.25) is 11.8 Å². The first-order valence-electron chi connectivity index (χ1n) is 6.91. The van der Waals surface area contributed by atoms with E-state index in [2.05, 4.69) is 23.3 Å². The van der Waals surface area contributed by atoms with Gasteiger partial charge in [-0.05, 0) is 25.5 Å². The van der Waals surface area contributed by atoms with Crippen molar-refractivity contribution < 1.29 is 14.3 Å². The van der Waals surface area contributed by atoms with Crippen molar-refractivity contribution in [2.24, 2.45) is 0 Å². The van der Waals surface area contributed by atoms with Crippen LogP contribution in [-0.4, -0.2) is 29.7 Å². The molecule has 1 rings (SSSR count). The normalized spacial score (nSPS) is 13.1. The van der Waals surface area contributed by atoms with Crippen LogP contribution in [0.1, 0.15) is 27.2 Å². The van der Waals surface area contributed by atoms with Crippen molar-refractivity contribution in [3.63, 3.8) is 0 Å². The monoisotopic (exact) mass is 310 g/mol. The van der Waals surface area contributed by atoms with Gasteiger partial charge in [-0.3, -0.25) is 9.59 Å². The van der Waals surface area contributed by atoms with Gasteiger partial charge in [-0.2, -0.15) is 12.6 Å². The van der Waals surface area contributed by atoms with Crippen molar-refractivity contribution >= 4 is 30.1 Å². The van der Waals surface area contributed by atoms with Crippen LogP contribution in [0.5, 0.6) is 5.75 Å². The van der Waals surface area contributed by atoms with E-state index in [9.17, 15) is 9.59 Å². The average molecular weight is 310 g/mol. The van der Waals surface area contributed by atoms with E-state index in [1.165, 1.54) is 6.92 Å². The molecule has 0 saturated carbocycles. The van der Waals surface area contributed by atoms with E-state index in [0.717, 1.165) is 6.42 Å². The van der Waals surface area contributed by atoms with Crippen molar-refractivity contribution in [1.82, 2.24) is 5.32 Å². The van der Waals surface area contributed by atoms with Gasteiger partial charge < -0.3 is 15.4 Å². The molecular formula is C15H22N2O3S. The molecule has 116 valence electrons. The molecule has 0 aliphatic heterocycles. The van der Waals surface area contributed by atoms with Crippen LogP contribution in [0.3, 0.4) is 0 Å². The van der Waals surface area contributed by atoms with Crippen LogP contribution in [0.2, 0.25) is 0 Å². The second-order valence-corrected chi connectivity index (χ2v) is 5.15. The number of benzene rings is 1. The summed E-state index contributed by atoms with van der Waals surface area (Å²) in [4.78, 5) is 23.1. The smallest absolute Gasteiger partial charge is 0.247 e. The Morgan fingerprint density at radius 3 is 2.67 bits per heavy atom. The molecule has 5 nitrogen and oxygen atoms in total. The highest BCUT2D eigenvalue weighted by molar-refractivity contribution is 7.80. The predicted octanol–water partition coefficient (Wildman–Crippen LogP) is 2.24. The molecule has 0 saturated heterocycles. The standard InChI is InChI=1S/C15H22N2O3S/c1-4-10(2)20-13-7-5-6-12(8-13)17-15(19)14(9-21)16-11(3)18/h5-8,10,14,21H,4,9H2,1-3H3,(H,16,18)(H,17,19). The lowest BCUT2D eigenvalue weighted by molar-refractivity contribution is -0.124. The molecule has 0 fully saturated rings. The molecule has 1 aromatic carbocycles. The lowest BCUT2D eigenvalue weighted by atomic mass is 10.2. The molecule has 0 aliphatic carbocycles. The summed E-state index contributed by atoms with van der Waals surface area (Å²) in [6, 6.07) is 6.51. The quantitative estimate of drug-likeness (QED) is 0.677. The summed E-state index contributed by atoms with van der Waals surface area (Å²) in [5.41, 5.74) is 0.623. The predicted molar refractivity (Wildman–Crippen MR) is 86.9 cm³/mol. The molecule has 0 radical (unpaired) electrons. The van der Waals surface area contributed by atoms with Crippen molar-refractivity contribution in [2.75, 3.05) is 11.1 Å². The SMILES string of the molecule is CCC(C)Oc1cccc(NC(=O)C(CS)NC(C)=O)c1. The molecule has 1 aromatic rings. The molecule has 2 N–H and O–H groups in total. The number of anilines is 1. The Hall–Kier alpha value is -1.69. The van der Waals surface area contributed by atoms with E-state index in [-0.39, 0.29) is 23.7 Å². The lowest BCUT2D eigenvalue weighted by Crippen LogP contribution is -2.44.